The number of alkyl halides is 3. The van der Waals surface area contributed by atoms with Crippen LogP contribution in [0.25, 0.3) is 0 Å². The number of hydrogen-bond donors (Lipinski definition) is 2. The molecule has 0 spiro atoms. The summed E-state index contributed by atoms with van der Waals surface area (Å²) in [5, 5.41) is 22.7. The number of nitrogens with zero attached hydrogens (tertiary/aromatic N) is 14. The van der Waals surface area contributed by atoms with E-state index in [1.165, 1.54) is 43.8 Å². The number of carboxylic acids is 1. The van der Waals surface area contributed by atoms with Gasteiger partial charge in [-0.1, -0.05) is 39.3 Å². The molecule has 6 amide bonds. The second-order valence-electron chi connectivity index (χ2n) is 21.9. The fourth-order valence-electron chi connectivity index (χ4n) is 9.72. The number of rotatable bonds is 17. The maximum atomic E-state index is 12.9. The first-order valence-electron chi connectivity index (χ1n) is 25.4. The Kier molecular flexibility index (Phi) is 22.4. The minimum absolute atomic E-state index is 0. The van der Waals surface area contributed by atoms with Gasteiger partial charge in [0.2, 0.25) is 26.6 Å². The van der Waals surface area contributed by atoms with E-state index in [9.17, 15) is 58.7 Å². The molecule has 31 nitrogen and oxygen atoms in total. The van der Waals surface area contributed by atoms with Crippen molar-refractivity contribution in [3.63, 3.8) is 0 Å². The van der Waals surface area contributed by atoms with Crippen molar-refractivity contribution in [3.05, 3.63) is 97.1 Å². The number of ether oxygens (including phenoxy) is 2. The molecule has 0 saturated carbocycles. The number of aromatic nitrogens is 7. The second-order valence-corrected chi connectivity index (χ2v) is 37.7. The number of amides is 6. The number of carbonyl (C=O) groups is 4. The normalized spacial score (nSPS) is 21.7. The molecule has 12 rings (SSSR count). The smallest absolute Gasteiger partial charge is 0.724 e. The number of nitrogens with two attached hydrogens (primary N) is 1. The summed E-state index contributed by atoms with van der Waals surface area (Å²) in [5.74, 6) is -1.11. The van der Waals surface area contributed by atoms with Crippen molar-refractivity contribution in [2.24, 2.45) is 4.99 Å². The van der Waals surface area contributed by atoms with Crippen LogP contribution in [-0.4, -0.2) is 180 Å². The van der Waals surface area contributed by atoms with Crippen LogP contribution in [0.3, 0.4) is 0 Å². The number of hydroxylamine groups is 6. The number of carboxylic acid groups (broad SMARTS) is 1. The number of thiazole rings is 3. The molecule has 87 heavy (non-hydrogen) atoms. The van der Waals surface area contributed by atoms with Crippen LogP contribution in [0.1, 0.15) is 79.6 Å². The third-order valence-electron chi connectivity index (χ3n) is 13.6. The van der Waals surface area contributed by atoms with E-state index >= 15 is 0 Å². The summed E-state index contributed by atoms with van der Waals surface area (Å²) in [6, 6.07) is -2.93. The van der Waals surface area contributed by atoms with Crippen LogP contribution >= 0.6 is 34.0 Å². The van der Waals surface area contributed by atoms with E-state index in [1.54, 1.807) is 62.3 Å². The Morgan fingerprint density at radius 1 is 0.667 bits per heavy atom. The van der Waals surface area contributed by atoms with Gasteiger partial charge in [-0.15, -0.1) is 34.0 Å². The Morgan fingerprint density at radius 3 is 1.43 bits per heavy atom. The maximum Gasteiger partial charge on any atom is 1.00 e. The van der Waals surface area contributed by atoms with E-state index in [0.29, 0.717) is 68.6 Å². The SMILES string of the molecule is C[Si](C)(C)CCOCn1ccnc1[C@@H]1c2ncsc2C2CN1C(=O)N2O.C[Si](C)(C)CCOCn1ccnc1[C@@H]1c2ncsc2C2CN1C(=O)N2OS(=O)(=O)[O-].O=C([O-])C(F)(F)F.O=C1N(OS(=O)(=O)[O-])C2CN1[C@H](C1=NC=C[NH2+]1)c1ncsc12.[Na+].[Na+]. The molecule has 43 heteroatoms. The molecule has 3 saturated heterocycles. The summed E-state index contributed by atoms with van der Waals surface area (Å²) in [7, 11) is -12.5. The zero-order valence-corrected chi connectivity index (χ0v) is 57.7. The van der Waals surface area contributed by atoms with Crippen molar-refractivity contribution in [1.82, 2.24) is 63.9 Å². The first kappa shape index (κ1) is 70.3. The van der Waals surface area contributed by atoms with Crippen LogP contribution in [0.15, 0.2) is 58.7 Å². The molecule has 6 atom stereocenters. The number of amidine groups is 1. The molecule has 462 valence electrons. The van der Waals surface area contributed by atoms with E-state index in [1.807, 2.05) is 10.8 Å². The molecule has 7 aliphatic rings. The van der Waals surface area contributed by atoms with Gasteiger partial charge in [-0.05, 0) is 12.1 Å². The molecule has 3 fully saturated rings. The van der Waals surface area contributed by atoms with Crippen LogP contribution in [0.4, 0.5) is 27.6 Å². The summed E-state index contributed by atoms with van der Waals surface area (Å²) in [4.78, 5) is 79.5. The van der Waals surface area contributed by atoms with Gasteiger partial charge < -0.3 is 52.3 Å². The van der Waals surface area contributed by atoms with Crippen molar-refractivity contribution in [2.75, 3.05) is 32.8 Å². The molecule has 5 aromatic rings. The number of aliphatic imine (C=N–C) groups is 1. The third kappa shape index (κ3) is 15.9. The summed E-state index contributed by atoms with van der Waals surface area (Å²) in [6.07, 6.45) is 5.10. The molecule has 0 aromatic carbocycles. The van der Waals surface area contributed by atoms with Gasteiger partial charge in [0.15, 0.2) is 6.04 Å². The minimum Gasteiger partial charge on any atom is -0.724 e. The van der Waals surface area contributed by atoms with Crippen LogP contribution in [0.2, 0.25) is 51.4 Å². The predicted molar refractivity (Wildman–Crippen MR) is 288 cm³/mol. The number of halogens is 3. The summed E-state index contributed by atoms with van der Waals surface area (Å²) >= 11 is 4.02. The van der Waals surface area contributed by atoms with Crippen molar-refractivity contribution in [3.8, 4) is 0 Å². The molecular formula is C44H54F3N15Na2O16S5Si2. The van der Waals surface area contributed by atoms with E-state index in [-0.39, 0.29) is 85.0 Å². The van der Waals surface area contributed by atoms with Crippen molar-refractivity contribution in [2.45, 2.75) is 107 Å². The van der Waals surface area contributed by atoms with Gasteiger partial charge in [-0.3, -0.25) is 10.5 Å². The number of carbonyl (C=O) groups excluding carboxylic acids is 4. The average Bonchev–Trinajstić information content (AvgIpc) is 1.62. The fourth-order valence-corrected chi connectivity index (χ4v) is 14.6. The van der Waals surface area contributed by atoms with Gasteiger partial charge in [-0.2, -0.15) is 36.9 Å². The van der Waals surface area contributed by atoms with Gasteiger partial charge in [0.05, 0.1) is 74.1 Å². The molecule has 7 aliphatic heterocycles. The average molecular weight is 1370 g/mol. The minimum atomic E-state index is -5.19. The monoisotopic (exact) mass is 1370 g/mol. The van der Waals surface area contributed by atoms with Gasteiger partial charge >= 0.3 is 83.4 Å². The van der Waals surface area contributed by atoms with Gasteiger partial charge in [0, 0.05) is 54.1 Å². The van der Waals surface area contributed by atoms with Crippen molar-refractivity contribution in [1.29, 1.82) is 0 Å². The third-order valence-corrected chi connectivity index (χ3v) is 20.6. The van der Waals surface area contributed by atoms with Gasteiger partial charge in [-0.25, -0.2) is 61.1 Å². The fraction of sp³-hybridized carbons (Fsp3) is 0.500. The second kappa shape index (κ2) is 27.7. The first-order chi connectivity index (χ1) is 39.8. The Hall–Kier alpha value is -4.20. The topological polar surface area (TPSA) is 386 Å². The van der Waals surface area contributed by atoms with Crippen molar-refractivity contribution < 1.29 is 151 Å². The van der Waals surface area contributed by atoms with E-state index in [4.69, 9.17) is 19.4 Å². The molecular weight excluding hydrogens is 1310 g/mol. The largest absolute Gasteiger partial charge is 1.00 e. The molecule has 6 bridgehead atoms. The summed E-state index contributed by atoms with van der Waals surface area (Å²) in [6.45, 7) is 16.6. The Balaban J connectivity index is 0.000000176. The zero-order valence-electron chi connectivity index (χ0n) is 47.6. The van der Waals surface area contributed by atoms with E-state index < -0.39 is 97.4 Å². The van der Waals surface area contributed by atoms with Crippen LogP contribution < -0.4 is 69.5 Å². The quantitative estimate of drug-likeness (QED) is 0.0307. The Labute approximate surface area is 553 Å². The Morgan fingerprint density at radius 2 is 1.05 bits per heavy atom. The number of quaternary nitrogens is 1. The number of hydrogen-bond acceptors (Lipinski definition) is 25. The number of urea groups is 3. The standard InChI is InChI=1S/C16H23N5O6S2Si.C16H23N5O3SSi.C10H9N5O5S2.C2HF3O2.2Na/c1-30(2,3)7-6-26-10-19-5-4-17-15(19)13-12-14(28-9-18-12)11-8-20(13)16(22)21(11)27-29(23,24)25;1-26(2,3)7-6-24-10-19-5-4-17-15(19)13-12-14(25-9-18-12)11-8-20(13)16(22)21(11)23;16-10-14-3-5(15(10)20-22(17,18)19)8-6(13-4-21-8)7(14)9-11-1-2-12-9;3-2(4,5)1(6)7;;/h4-5,9,11,13H,6-8,10H2,1-3H3,(H,23,24,25);4-5,9,11,13,23H,6-8,10H2,1-3H3;1-2,4-5,7H,3H2,(H,11,12)(H,17,18,19);(H,6,7);;/q;;;;2*+1/p-2/t2*11?,13-;5?,7-;;;/m000.../s1. The van der Waals surface area contributed by atoms with Crippen LogP contribution in [-0.2, 0) is 57.1 Å². The summed E-state index contributed by atoms with van der Waals surface area (Å²) in [5.41, 5.74) is 7.00. The zero-order chi connectivity index (χ0) is 61.7. The van der Waals surface area contributed by atoms with Crippen LogP contribution in [0.5, 0.6) is 0 Å². The molecule has 5 aromatic heterocycles. The number of fused-ring (bicyclic) bond motifs is 12. The Bertz CT molecular complexity index is 3620. The van der Waals surface area contributed by atoms with Gasteiger partial charge in [0.25, 0.3) is 0 Å². The summed E-state index contributed by atoms with van der Waals surface area (Å²) < 4.78 is 122. The number of imidazole rings is 2. The molecule has 3 N–H and O–H groups in total. The first-order valence-corrected chi connectivity index (χ1v) is 38.2. The van der Waals surface area contributed by atoms with Crippen molar-refractivity contribution >= 4 is 101 Å². The molecule has 3 unspecified atom stereocenters. The van der Waals surface area contributed by atoms with E-state index in [0.717, 1.165) is 34.3 Å². The molecule has 0 radical (unpaired) electrons. The van der Waals surface area contributed by atoms with E-state index in [2.05, 4.69) is 77.8 Å². The molecule has 12 heterocycles. The van der Waals surface area contributed by atoms with Crippen LogP contribution in [0, 0.1) is 0 Å². The number of aliphatic carboxylic acids is 1. The predicted octanol–water partition coefficient (Wildman–Crippen LogP) is -3.03. The van der Waals surface area contributed by atoms with Gasteiger partial charge in [0.1, 0.15) is 67.5 Å². The maximum absolute atomic E-state index is 12.9. The molecule has 0 aliphatic carbocycles.